The van der Waals surface area contributed by atoms with E-state index in [9.17, 15) is 9.59 Å². The Morgan fingerprint density at radius 3 is 2.37 bits per heavy atom. The molecule has 1 saturated carbocycles. The van der Waals surface area contributed by atoms with Gasteiger partial charge in [0, 0.05) is 12.7 Å². The minimum atomic E-state index is -0.505. The number of isocyanates is 1. The van der Waals surface area contributed by atoms with E-state index in [1.165, 1.54) is 4.90 Å². The third kappa shape index (κ3) is 2.51. The van der Waals surface area contributed by atoms with Crippen molar-refractivity contribution in [1.82, 2.24) is 0 Å². The van der Waals surface area contributed by atoms with E-state index in [1.54, 1.807) is 13.1 Å². The van der Waals surface area contributed by atoms with Crippen LogP contribution in [0.5, 0.6) is 0 Å². The number of nitrogens with zero attached hydrogens (tertiary/aromatic N) is 2. The molecule has 0 saturated heterocycles. The lowest BCUT2D eigenvalue weighted by molar-refractivity contribution is 0.255. The maximum absolute atomic E-state index is 11.1. The van der Waals surface area contributed by atoms with Crippen molar-refractivity contribution in [3.05, 3.63) is 29.8 Å². The highest BCUT2D eigenvalue weighted by Crippen LogP contribution is 2.42. The van der Waals surface area contributed by atoms with Gasteiger partial charge in [0.1, 0.15) is 0 Å². The zero-order valence-electron chi connectivity index (χ0n) is 10.9. The fourth-order valence-corrected chi connectivity index (χ4v) is 2.63. The highest BCUT2D eigenvalue weighted by Gasteiger charge is 2.35. The average molecular weight is 259 g/mol. The van der Waals surface area contributed by atoms with Crippen molar-refractivity contribution in [3.8, 4) is 0 Å². The number of nitrogens with two attached hydrogens (primary N) is 1. The average Bonchev–Trinajstić information content (AvgIpc) is 2.88. The summed E-state index contributed by atoms with van der Waals surface area (Å²) < 4.78 is 0. The van der Waals surface area contributed by atoms with Crippen molar-refractivity contribution >= 4 is 17.8 Å². The van der Waals surface area contributed by atoms with Crippen molar-refractivity contribution < 1.29 is 9.59 Å². The van der Waals surface area contributed by atoms with Crippen molar-refractivity contribution in [2.75, 3.05) is 11.9 Å². The summed E-state index contributed by atoms with van der Waals surface area (Å²) in [6.45, 7) is 0. The Hall–Kier alpha value is -2.13. The smallest absolute Gasteiger partial charge is 0.318 e. The Morgan fingerprint density at radius 2 is 1.89 bits per heavy atom. The van der Waals surface area contributed by atoms with Gasteiger partial charge in [-0.15, -0.1) is 0 Å². The van der Waals surface area contributed by atoms with E-state index in [2.05, 4.69) is 4.99 Å². The van der Waals surface area contributed by atoms with Crippen molar-refractivity contribution in [1.29, 1.82) is 0 Å². The number of primary amides is 1. The van der Waals surface area contributed by atoms with Gasteiger partial charge in [0.15, 0.2) is 0 Å². The first-order chi connectivity index (χ1) is 9.09. The molecule has 100 valence electrons. The lowest BCUT2D eigenvalue weighted by Gasteiger charge is -2.23. The van der Waals surface area contributed by atoms with Gasteiger partial charge in [0.05, 0.1) is 5.54 Å². The molecular weight excluding hydrogens is 242 g/mol. The molecule has 2 rings (SSSR count). The van der Waals surface area contributed by atoms with Crippen LogP contribution in [0, 0.1) is 0 Å². The van der Waals surface area contributed by atoms with Crippen LogP contribution in [-0.4, -0.2) is 19.2 Å². The molecule has 0 aliphatic heterocycles. The first-order valence-corrected chi connectivity index (χ1v) is 6.32. The van der Waals surface area contributed by atoms with E-state index < -0.39 is 11.6 Å². The molecule has 5 nitrogen and oxygen atoms in total. The monoisotopic (exact) mass is 259 g/mol. The first-order valence-electron chi connectivity index (χ1n) is 6.32. The number of carbonyl (C=O) groups excluding carboxylic acids is 2. The van der Waals surface area contributed by atoms with Gasteiger partial charge in [-0.1, -0.05) is 25.0 Å². The van der Waals surface area contributed by atoms with Gasteiger partial charge in [0.25, 0.3) is 0 Å². The Morgan fingerprint density at radius 1 is 1.32 bits per heavy atom. The highest BCUT2D eigenvalue weighted by atomic mass is 16.2. The van der Waals surface area contributed by atoms with Gasteiger partial charge in [0.2, 0.25) is 6.08 Å². The topological polar surface area (TPSA) is 75.8 Å². The molecule has 0 atom stereocenters. The molecule has 0 bridgehead atoms. The third-order valence-electron chi connectivity index (χ3n) is 3.81. The lowest BCUT2D eigenvalue weighted by atomic mass is 9.89. The Bertz CT molecular complexity index is 512. The number of benzene rings is 1. The number of anilines is 1. The molecule has 0 aromatic heterocycles. The standard InChI is InChI=1S/C14H17N3O2/c1-17(13(15)19)12-6-4-11(5-7-12)14(16-10-18)8-2-3-9-14/h4-7H,2-3,8-9H2,1H3,(H2,15,19). The number of aliphatic imine (C=N–C) groups is 1. The van der Waals surface area contributed by atoms with Gasteiger partial charge in [-0.2, -0.15) is 4.99 Å². The summed E-state index contributed by atoms with van der Waals surface area (Å²) >= 11 is 0. The van der Waals surface area contributed by atoms with Crippen LogP contribution in [0.25, 0.3) is 0 Å². The maximum Gasteiger partial charge on any atom is 0.318 e. The van der Waals surface area contributed by atoms with Crippen LogP contribution in [0.4, 0.5) is 10.5 Å². The van der Waals surface area contributed by atoms with Crippen LogP contribution in [0.15, 0.2) is 29.3 Å². The third-order valence-corrected chi connectivity index (χ3v) is 3.81. The van der Waals surface area contributed by atoms with Gasteiger partial charge in [-0.3, -0.25) is 4.90 Å². The van der Waals surface area contributed by atoms with Crippen molar-refractivity contribution in [3.63, 3.8) is 0 Å². The molecule has 0 spiro atoms. The SMILES string of the molecule is CN(C(N)=O)c1ccc(C2(N=C=O)CCCC2)cc1. The van der Waals surface area contributed by atoms with Crippen LogP contribution >= 0.6 is 0 Å². The number of hydrogen-bond donors (Lipinski definition) is 1. The second-order valence-electron chi connectivity index (χ2n) is 4.89. The summed E-state index contributed by atoms with van der Waals surface area (Å²) in [5, 5.41) is 0. The molecule has 1 fully saturated rings. The summed E-state index contributed by atoms with van der Waals surface area (Å²) in [4.78, 5) is 27.1. The number of amides is 2. The summed E-state index contributed by atoms with van der Waals surface area (Å²) in [5.74, 6) is 0. The van der Waals surface area contributed by atoms with E-state index in [-0.39, 0.29) is 0 Å². The Balaban J connectivity index is 2.31. The van der Waals surface area contributed by atoms with E-state index in [1.807, 2.05) is 24.3 Å². The fourth-order valence-electron chi connectivity index (χ4n) is 2.63. The summed E-state index contributed by atoms with van der Waals surface area (Å²) in [6.07, 6.45) is 5.56. The molecule has 0 unspecified atom stereocenters. The number of hydrogen-bond acceptors (Lipinski definition) is 3. The van der Waals surface area contributed by atoms with E-state index in [0.29, 0.717) is 0 Å². The predicted octanol–water partition coefficient (Wildman–Crippen LogP) is 2.31. The summed E-state index contributed by atoms with van der Waals surface area (Å²) in [6, 6.07) is 6.94. The zero-order valence-corrected chi connectivity index (χ0v) is 10.9. The molecule has 0 radical (unpaired) electrons. The molecule has 2 N–H and O–H groups in total. The predicted molar refractivity (Wildman–Crippen MR) is 72.7 cm³/mol. The first kappa shape index (κ1) is 13.3. The van der Waals surface area contributed by atoms with Crippen LogP contribution in [0.3, 0.4) is 0 Å². The highest BCUT2D eigenvalue weighted by molar-refractivity contribution is 5.89. The number of carbonyl (C=O) groups is 1. The minimum Gasteiger partial charge on any atom is -0.351 e. The fraction of sp³-hybridized carbons (Fsp3) is 0.429. The second-order valence-corrected chi connectivity index (χ2v) is 4.89. The van der Waals surface area contributed by atoms with Gasteiger partial charge >= 0.3 is 6.03 Å². The molecule has 1 aromatic rings. The Kier molecular flexibility index (Phi) is 3.67. The normalized spacial score (nSPS) is 16.7. The maximum atomic E-state index is 11.1. The van der Waals surface area contributed by atoms with Crippen LogP contribution in [0.2, 0.25) is 0 Å². The molecule has 19 heavy (non-hydrogen) atoms. The molecule has 2 amide bonds. The largest absolute Gasteiger partial charge is 0.351 e. The van der Waals surface area contributed by atoms with Gasteiger partial charge < -0.3 is 5.73 Å². The molecule has 1 aliphatic carbocycles. The minimum absolute atomic E-state index is 0.425. The quantitative estimate of drug-likeness (QED) is 0.668. The molecule has 0 heterocycles. The summed E-state index contributed by atoms with van der Waals surface area (Å²) in [5.41, 5.74) is 6.51. The second kappa shape index (κ2) is 5.24. The van der Waals surface area contributed by atoms with Crippen molar-refractivity contribution in [2.45, 2.75) is 31.2 Å². The molecule has 1 aliphatic rings. The number of rotatable bonds is 3. The molecule has 1 aromatic carbocycles. The van der Waals surface area contributed by atoms with E-state index in [4.69, 9.17) is 5.73 Å². The summed E-state index contributed by atoms with van der Waals surface area (Å²) in [7, 11) is 1.62. The van der Waals surface area contributed by atoms with Crippen LogP contribution in [-0.2, 0) is 10.3 Å². The zero-order chi connectivity index (χ0) is 13.9. The Labute approximate surface area is 112 Å². The van der Waals surface area contributed by atoms with Crippen LogP contribution in [0.1, 0.15) is 31.2 Å². The van der Waals surface area contributed by atoms with Gasteiger partial charge in [-0.25, -0.2) is 9.59 Å². The molecular formula is C14H17N3O2. The van der Waals surface area contributed by atoms with Crippen molar-refractivity contribution in [2.24, 2.45) is 10.7 Å². The lowest BCUT2D eigenvalue weighted by Crippen LogP contribution is -2.31. The van der Waals surface area contributed by atoms with Gasteiger partial charge in [-0.05, 0) is 30.5 Å². The number of urea groups is 1. The van der Waals surface area contributed by atoms with Crippen LogP contribution < -0.4 is 10.6 Å². The van der Waals surface area contributed by atoms with E-state index in [0.717, 1.165) is 36.9 Å². The van der Waals surface area contributed by atoms with E-state index >= 15 is 0 Å². The molecule has 5 heteroatoms.